The molecule has 3 atom stereocenters. The van der Waals surface area contributed by atoms with Crippen molar-refractivity contribution in [3.63, 3.8) is 0 Å². The molecular weight excluding hydrogens is 358 g/mol. The summed E-state index contributed by atoms with van der Waals surface area (Å²) in [6.07, 6.45) is 2.04. The van der Waals surface area contributed by atoms with Crippen LogP contribution in [0.1, 0.15) is 40.0 Å². The van der Waals surface area contributed by atoms with E-state index in [4.69, 9.17) is 15.2 Å². The maximum Gasteiger partial charge on any atom is 0.251 e. The Morgan fingerprint density at radius 2 is 1.81 bits per heavy atom. The Morgan fingerprint density at radius 3 is 2.31 bits per heavy atom. The Bertz CT molecular complexity index is 531. The first kappa shape index (κ1) is 21.4. The highest BCUT2D eigenvalue weighted by molar-refractivity contribution is 5.89. The number of hydrogen-bond donors (Lipinski definition) is 1. The average molecular weight is 390 g/mol. The predicted octanol–water partition coefficient (Wildman–Crippen LogP) is 0.791. The fourth-order valence-corrected chi connectivity index (χ4v) is 4.19. The number of nitrogens with zero attached hydrogens (tertiary/aromatic N) is 2. The van der Waals surface area contributed by atoms with Gasteiger partial charge in [-0.2, -0.15) is 0 Å². The molecule has 3 fully saturated rings. The smallest absolute Gasteiger partial charge is 0.251 e. The molecule has 3 unspecified atom stereocenters. The fraction of sp³-hybridized carbons (Fsp3) is 0.889. The Balaban J connectivity index is 0.00000243. The van der Waals surface area contributed by atoms with E-state index < -0.39 is 5.54 Å². The molecule has 7 nitrogen and oxygen atoms in total. The van der Waals surface area contributed by atoms with Crippen molar-refractivity contribution in [1.29, 1.82) is 0 Å². The quantitative estimate of drug-likeness (QED) is 0.768. The number of nitrogens with two attached hydrogens (primary N) is 1. The number of piperazine rings is 1. The van der Waals surface area contributed by atoms with Gasteiger partial charge in [-0.1, -0.05) is 13.8 Å². The van der Waals surface area contributed by atoms with Gasteiger partial charge in [0.05, 0.1) is 6.10 Å². The van der Waals surface area contributed by atoms with E-state index in [1.165, 1.54) is 0 Å². The Labute approximate surface area is 161 Å². The number of ether oxygens (including phenoxy) is 2. The van der Waals surface area contributed by atoms with Crippen LogP contribution in [0.4, 0.5) is 0 Å². The van der Waals surface area contributed by atoms with E-state index >= 15 is 0 Å². The van der Waals surface area contributed by atoms with Gasteiger partial charge in [0.2, 0.25) is 5.91 Å². The maximum atomic E-state index is 13.0. The van der Waals surface area contributed by atoms with Gasteiger partial charge in [-0.3, -0.25) is 9.59 Å². The lowest BCUT2D eigenvalue weighted by molar-refractivity contribution is -0.181. The van der Waals surface area contributed by atoms with Crippen LogP contribution in [0.5, 0.6) is 0 Å². The SMILES string of the molecule is CCOC1CC(N)(C(=O)N2CCN(C(=O)C3CCCO3)CC2)C1(C)C.Cl. The molecule has 3 rings (SSSR count). The third-order valence-corrected chi connectivity index (χ3v) is 6.30. The summed E-state index contributed by atoms with van der Waals surface area (Å²) in [7, 11) is 0. The third kappa shape index (κ3) is 3.46. The molecule has 3 aliphatic rings. The normalized spacial score (nSPS) is 33.4. The molecule has 0 spiro atoms. The van der Waals surface area contributed by atoms with Crippen molar-refractivity contribution in [1.82, 2.24) is 9.80 Å². The minimum Gasteiger partial charge on any atom is -0.378 e. The lowest BCUT2D eigenvalue weighted by atomic mass is 9.54. The van der Waals surface area contributed by atoms with Gasteiger partial charge in [0.25, 0.3) is 5.91 Å². The summed E-state index contributed by atoms with van der Waals surface area (Å²) >= 11 is 0. The highest BCUT2D eigenvalue weighted by Crippen LogP contribution is 2.50. The minimum atomic E-state index is -0.881. The first-order valence-electron chi connectivity index (χ1n) is 9.41. The van der Waals surface area contributed by atoms with Crippen LogP contribution in [0.3, 0.4) is 0 Å². The number of carbonyl (C=O) groups excluding carboxylic acids is 2. The van der Waals surface area contributed by atoms with Gasteiger partial charge in [0.15, 0.2) is 0 Å². The standard InChI is InChI=1S/C18H31N3O4.ClH/c1-4-24-14-12-18(19,17(14,2)3)16(23)21-9-7-20(8-10-21)15(22)13-6-5-11-25-13;/h13-14H,4-12,19H2,1-3H3;1H. The van der Waals surface area contributed by atoms with Gasteiger partial charge in [-0.05, 0) is 19.8 Å². The highest BCUT2D eigenvalue weighted by atomic mass is 35.5. The van der Waals surface area contributed by atoms with Gasteiger partial charge in [0.1, 0.15) is 11.6 Å². The van der Waals surface area contributed by atoms with E-state index in [9.17, 15) is 9.59 Å². The number of carbonyl (C=O) groups is 2. The van der Waals surface area contributed by atoms with E-state index in [1.54, 1.807) is 0 Å². The molecule has 26 heavy (non-hydrogen) atoms. The van der Waals surface area contributed by atoms with Gasteiger partial charge in [-0.15, -0.1) is 12.4 Å². The highest BCUT2D eigenvalue weighted by Gasteiger charge is 2.63. The minimum absolute atomic E-state index is 0. The van der Waals surface area contributed by atoms with E-state index in [0.29, 0.717) is 45.8 Å². The number of amides is 2. The summed E-state index contributed by atoms with van der Waals surface area (Å²) in [5, 5.41) is 0. The molecule has 2 heterocycles. The molecule has 0 radical (unpaired) electrons. The third-order valence-electron chi connectivity index (χ3n) is 6.30. The second-order valence-corrected chi connectivity index (χ2v) is 7.96. The van der Waals surface area contributed by atoms with Crippen molar-refractivity contribution >= 4 is 24.2 Å². The zero-order chi connectivity index (χ0) is 18.2. The molecule has 0 bridgehead atoms. The number of hydrogen-bond acceptors (Lipinski definition) is 5. The Morgan fingerprint density at radius 1 is 1.19 bits per heavy atom. The van der Waals surface area contributed by atoms with Gasteiger partial charge >= 0.3 is 0 Å². The van der Waals surface area contributed by atoms with Crippen LogP contribution in [0, 0.1) is 5.41 Å². The van der Waals surface area contributed by atoms with Crippen LogP contribution in [0.25, 0.3) is 0 Å². The Kier molecular flexibility index (Phi) is 6.59. The molecular formula is C18H32ClN3O4. The molecule has 2 N–H and O–H groups in total. The first-order valence-corrected chi connectivity index (χ1v) is 9.41. The lowest BCUT2D eigenvalue weighted by Gasteiger charge is -2.59. The van der Waals surface area contributed by atoms with Crippen LogP contribution in [0.15, 0.2) is 0 Å². The molecule has 0 aromatic carbocycles. The van der Waals surface area contributed by atoms with Crippen molar-refractivity contribution in [2.45, 2.75) is 57.8 Å². The van der Waals surface area contributed by atoms with E-state index in [-0.39, 0.29) is 41.8 Å². The summed E-state index contributed by atoms with van der Waals surface area (Å²) in [5.74, 6) is 0.0464. The van der Waals surface area contributed by atoms with Crippen LogP contribution in [-0.2, 0) is 19.1 Å². The van der Waals surface area contributed by atoms with E-state index in [0.717, 1.165) is 12.8 Å². The summed E-state index contributed by atoms with van der Waals surface area (Å²) in [6.45, 7) is 9.43. The average Bonchev–Trinajstić information content (AvgIpc) is 3.15. The zero-order valence-corrected chi connectivity index (χ0v) is 16.8. The monoisotopic (exact) mass is 389 g/mol. The maximum absolute atomic E-state index is 13.0. The first-order chi connectivity index (χ1) is 11.8. The number of rotatable bonds is 4. The molecule has 1 aliphatic carbocycles. The lowest BCUT2D eigenvalue weighted by Crippen LogP contribution is -2.76. The molecule has 0 aromatic heterocycles. The van der Waals surface area contributed by atoms with Crippen LogP contribution < -0.4 is 5.73 Å². The molecule has 2 amide bonds. The van der Waals surface area contributed by atoms with E-state index in [2.05, 4.69) is 0 Å². The molecule has 1 saturated carbocycles. The second kappa shape index (κ2) is 8.00. The van der Waals surface area contributed by atoms with Crippen molar-refractivity contribution in [3.8, 4) is 0 Å². The van der Waals surface area contributed by atoms with Crippen LogP contribution >= 0.6 is 12.4 Å². The summed E-state index contributed by atoms with van der Waals surface area (Å²) < 4.78 is 11.2. The fourth-order valence-electron chi connectivity index (χ4n) is 4.19. The second-order valence-electron chi connectivity index (χ2n) is 7.96. The predicted molar refractivity (Wildman–Crippen MR) is 100 cm³/mol. The van der Waals surface area contributed by atoms with E-state index in [1.807, 2.05) is 30.6 Å². The van der Waals surface area contributed by atoms with Crippen molar-refractivity contribution in [3.05, 3.63) is 0 Å². The topological polar surface area (TPSA) is 85.1 Å². The van der Waals surface area contributed by atoms with Crippen molar-refractivity contribution < 1.29 is 19.1 Å². The molecule has 0 aromatic rings. The summed E-state index contributed by atoms with van der Waals surface area (Å²) in [6, 6.07) is 0. The summed E-state index contributed by atoms with van der Waals surface area (Å²) in [4.78, 5) is 29.1. The van der Waals surface area contributed by atoms with Gasteiger partial charge < -0.3 is 25.0 Å². The molecule has 8 heteroatoms. The molecule has 2 saturated heterocycles. The van der Waals surface area contributed by atoms with Crippen LogP contribution in [0.2, 0.25) is 0 Å². The summed E-state index contributed by atoms with van der Waals surface area (Å²) in [5.41, 5.74) is 5.23. The Hall–Kier alpha value is -0.890. The largest absolute Gasteiger partial charge is 0.378 e. The molecule has 2 aliphatic heterocycles. The molecule has 150 valence electrons. The van der Waals surface area contributed by atoms with Gasteiger partial charge in [0, 0.05) is 51.2 Å². The van der Waals surface area contributed by atoms with Crippen molar-refractivity contribution in [2.75, 3.05) is 39.4 Å². The van der Waals surface area contributed by atoms with Crippen molar-refractivity contribution in [2.24, 2.45) is 11.1 Å². The van der Waals surface area contributed by atoms with Gasteiger partial charge in [-0.25, -0.2) is 0 Å². The zero-order valence-electron chi connectivity index (χ0n) is 16.0. The number of halogens is 1. The van der Waals surface area contributed by atoms with Crippen LogP contribution in [-0.4, -0.2) is 78.8 Å².